The zero-order valence-corrected chi connectivity index (χ0v) is 20.6. The van der Waals surface area contributed by atoms with Gasteiger partial charge >= 0.3 is 0 Å². The number of carbonyl (C=O) groups is 1. The summed E-state index contributed by atoms with van der Waals surface area (Å²) < 4.78 is 18.6. The number of thioether (sulfide) groups is 1. The number of para-hydroxylation sites is 1. The highest BCUT2D eigenvalue weighted by Crippen LogP contribution is 2.37. The molecule has 3 heterocycles. The van der Waals surface area contributed by atoms with Crippen LogP contribution in [0.4, 0.5) is 0 Å². The second-order valence-corrected chi connectivity index (χ2v) is 9.31. The van der Waals surface area contributed by atoms with Gasteiger partial charge in [0.25, 0.3) is 5.91 Å². The van der Waals surface area contributed by atoms with Gasteiger partial charge in [0, 0.05) is 17.3 Å². The lowest BCUT2D eigenvalue weighted by Crippen LogP contribution is -2.27. The number of hydrogen-bond donors (Lipinski definition) is 0. The van der Waals surface area contributed by atoms with Crippen LogP contribution in [0.2, 0.25) is 0 Å². The first-order valence-electron chi connectivity index (χ1n) is 10.7. The van der Waals surface area contributed by atoms with E-state index in [1.54, 1.807) is 36.1 Å². The lowest BCUT2D eigenvalue weighted by molar-refractivity contribution is -0.122. The summed E-state index contributed by atoms with van der Waals surface area (Å²) in [4.78, 5) is 15.3. The van der Waals surface area contributed by atoms with Crippen LogP contribution in [0.3, 0.4) is 0 Å². The lowest BCUT2D eigenvalue weighted by atomic mass is 10.1. The van der Waals surface area contributed by atoms with Crippen LogP contribution in [0.5, 0.6) is 11.5 Å². The lowest BCUT2D eigenvalue weighted by Gasteiger charge is -2.12. The average Bonchev–Trinajstić information content (AvgIpc) is 3.62. The quantitative estimate of drug-likeness (QED) is 0.242. The summed E-state index contributed by atoms with van der Waals surface area (Å²) in [6.45, 7) is 0.292. The largest absolute Gasteiger partial charge is 0.493 e. The van der Waals surface area contributed by atoms with Crippen LogP contribution in [0.1, 0.15) is 11.3 Å². The first kappa shape index (κ1) is 22.9. The van der Waals surface area contributed by atoms with Crippen molar-refractivity contribution in [3.05, 3.63) is 89.4 Å². The molecule has 0 unspecified atom stereocenters. The Morgan fingerprint density at radius 3 is 2.57 bits per heavy atom. The first-order valence-corrected chi connectivity index (χ1v) is 11.9. The maximum Gasteiger partial charge on any atom is 0.266 e. The molecule has 176 valence electrons. The SMILES string of the molecule is COc1ccc(-c2nn(-c3ccccc3)cc2/C=C2\SC(=S)N(Cc3ccco3)C2=O)cc1OC. The zero-order valence-electron chi connectivity index (χ0n) is 19.0. The second kappa shape index (κ2) is 9.81. The molecule has 4 aromatic rings. The molecule has 0 N–H and O–H groups in total. The molecule has 1 saturated heterocycles. The van der Waals surface area contributed by atoms with E-state index in [1.165, 1.54) is 11.8 Å². The van der Waals surface area contributed by atoms with Gasteiger partial charge < -0.3 is 13.9 Å². The van der Waals surface area contributed by atoms with Crippen molar-refractivity contribution in [3.8, 4) is 28.4 Å². The Labute approximate surface area is 211 Å². The van der Waals surface area contributed by atoms with Gasteiger partial charge in [0.2, 0.25) is 0 Å². The van der Waals surface area contributed by atoms with E-state index in [2.05, 4.69) is 0 Å². The number of rotatable bonds is 7. The summed E-state index contributed by atoms with van der Waals surface area (Å²) in [6, 6.07) is 19.0. The summed E-state index contributed by atoms with van der Waals surface area (Å²) in [5.74, 6) is 1.72. The van der Waals surface area contributed by atoms with Crippen LogP contribution in [-0.2, 0) is 11.3 Å². The van der Waals surface area contributed by atoms with Gasteiger partial charge in [0.1, 0.15) is 15.8 Å². The molecule has 0 bridgehead atoms. The summed E-state index contributed by atoms with van der Waals surface area (Å²) in [5.41, 5.74) is 3.21. The Morgan fingerprint density at radius 1 is 1.06 bits per heavy atom. The van der Waals surface area contributed by atoms with Gasteiger partial charge in [-0.2, -0.15) is 5.10 Å². The number of ether oxygens (including phenoxy) is 2. The van der Waals surface area contributed by atoms with Crippen LogP contribution < -0.4 is 9.47 Å². The predicted octanol–water partition coefficient (Wildman–Crippen LogP) is 5.55. The van der Waals surface area contributed by atoms with Crippen molar-refractivity contribution in [3.63, 3.8) is 0 Å². The third-order valence-electron chi connectivity index (χ3n) is 5.47. The highest BCUT2D eigenvalue weighted by molar-refractivity contribution is 8.26. The van der Waals surface area contributed by atoms with E-state index in [4.69, 9.17) is 31.2 Å². The van der Waals surface area contributed by atoms with Crippen molar-refractivity contribution in [2.45, 2.75) is 6.54 Å². The molecule has 2 aromatic carbocycles. The van der Waals surface area contributed by atoms with Gasteiger partial charge in [-0.25, -0.2) is 4.68 Å². The van der Waals surface area contributed by atoms with E-state index in [0.29, 0.717) is 38.7 Å². The summed E-state index contributed by atoms with van der Waals surface area (Å²) in [6.07, 6.45) is 5.32. The molecule has 2 aromatic heterocycles. The van der Waals surface area contributed by atoms with Crippen molar-refractivity contribution in [2.75, 3.05) is 14.2 Å². The topological polar surface area (TPSA) is 69.7 Å². The van der Waals surface area contributed by atoms with Crippen LogP contribution in [0, 0.1) is 0 Å². The molecule has 5 rings (SSSR count). The van der Waals surface area contributed by atoms with Crippen LogP contribution >= 0.6 is 24.0 Å². The van der Waals surface area contributed by atoms with Crippen molar-refractivity contribution >= 4 is 40.3 Å². The van der Waals surface area contributed by atoms with Gasteiger partial charge in [-0.05, 0) is 48.5 Å². The summed E-state index contributed by atoms with van der Waals surface area (Å²) in [5, 5.41) is 4.84. The van der Waals surface area contributed by atoms with E-state index in [9.17, 15) is 4.79 Å². The molecule has 0 atom stereocenters. The molecular weight excluding hydrogens is 482 g/mol. The van der Waals surface area contributed by atoms with Crippen molar-refractivity contribution in [1.82, 2.24) is 14.7 Å². The Hall–Kier alpha value is -3.82. The standard InChI is InChI=1S/C26H21N3O4S2/c1-31-21-11-10-17(13-22(21)32-2)24-18(15-29(27-24)19-7-4-3-5-8-19)14-23-25(30)28(26(34)35-23)16-20-9-6-12-33-20/h3-15H,16H2,1-2H3/b23-14-. The molecule has 0 spiro atoms. The van der Waals surface area contributed by atoms with Gasteiger partial charge in [-0.3, -0.25) is 9.69 Å². The molecule has 35 heavy (non-hydrogen) atoms. The smallest absolute Gasteiger partial charge is 0.266 e. The number of aromatic nitrogens is 2. The molecule has 1 amide bonds. The molecular formula is C26H21N3O4S2. The van der Waals surface area contributed by atoms with Gasteiger partial charge in [0.15, 0.2) is 11.5 Å². The number of benzene rings is 2. The summed E-state index contributed by atoms with van der Waals surface area (Å²) in [7, 11) is 3.19. The number of hydrogen-bond acceptors (Lipinski definition) is 7. The molecule has 0 saturated carbocycles. The molecule has 0 aliphatic carbocycles. The summed E-state index contributed by atoms with van der Waals surface area (Å²) >= 11 is 6.75. The maximum atomic E-state index is 13.2. The fourth-order valence-electron chi connectivity index (χ4n) is 3.75. The molecule has 1 aliphatic rings. The Balaban J connectivity index is 1.56. The molecule has 9 heteroatoms. The Morgan fingerprint density at radius 2 is 1.86 bits per heavy atom. The number of amides is 1. The zero-order chi connectivity index (χ0) is 24.4. The number of nitrogens with zero attached hydrogens (tertiary/aromatic N) is 3. The van der Waals surface area contributed by atoms with E-state index in [0.717, 1.165) is 16.8 Å². The minimum atomic E-state index is -0.165. The van der Waals surface area contributed by atoms with Crippen molar-refractivity contribution < 1.29 is 18.7 Å². The highest BCUT2D eigenvalue weighted by Gasteiger charge is 2.33. The van der Waals surface area contributed by atoms with Crippen molar-refractivity contribution in [2.24, 2.45) is 0 Å². The van der Waals surface area contributed by atoms with E-state index < -0.39 is 0 Å². The van der Waals surface area contributed by atoms with Gasteiger partial charge in [-0.15, -0.1) is 0 Å². The van der Waals surface area contributed by atoms with Gasteiger partial charge in [-0.1, -0.05) is 42.2 Å². The number of carbonyl (C=O) groups excluding carboxylic acids is 1. The molecule has 1 aliphatic heterocycles. The van der Waals surface area contributed by atoms with Crippen LogP contribution in [0.25, 0.3) is 23.0 Å². The van der Waals surface area contributed by atoms with E-state index in [1.807, 2.05) is 66.9 Å². The van der Waals surface area contributed by atoms with Crippen LogP contribution in [-0.4, -0.2) is 39.1 Å². The second-order valence-electron chi connectivity index (χ2n) is 7.63. The Kier molecular flexibility index (Phi) is 6.43. The van der Waals surface area contributed by atoms with Gasteiger partial charge in [0.05, 0.1) is 37.6 Å². The first-order chi connectivity index (χ1) is 17.1. The third kappa shape index (κ3) is 4.60. The minimum Gasteiger partial charge on any atom is -0.493 e. The normalized spacial score (nSPS) is 14.7. The van der Waals surface area contributed by atoms with Crippen LogP contribution in [0.15, 0.2) is 82.4 Å². The fourth-order valence-corrected chi connectivity index (χ4v) is 5.00. The highest BCUT2D eigenvalue weighted by atomic mass is 32.2. The minimum absolute atomic E-state index is 0.165. The monoisotopic (exact) mass is 503 g/mol. The third-order valence-corrected chi connectivity index (χ3v) is 6.85. The predicted molar refractivity (Wildman–Crippen MR) is 140 cm³/mol. The van der Waals surface area contributed by atoms with E-state index in [-0.39, 0.29) is 5.91 Å². The molecule has 0 radical (unpaired) electrons. The fraction of sp³-hybridized carbons (Fsp3) is 0.115. The maximum absolute atomic E-state index is 13.2. The average molecular weight is 504 g/mol. The van der Waals surface area contributed by atoms with Crippen molar-refractivity contribution in [1.29, 1.82) is 0 Å². The molecule has 7 nitrogen and oxygen atoms in total. The number of furan rings is 1. The number of thiocarbonyl (C=S) groups is 1. The molecule has 1 fully saturated rings. The number of methoxy groups -OCH3 is 2. The van der Waals surface area contributed by atoms with E-state index >= 15 is 0 Å². The Bertz CT molecular complexity index is 1410.